The summed E-state index contributed by atoms with van der Waals surface area (Å²) >= 11 is 3.46. The monoisotopic (exact) mass is 288 g/mol. The molecule has 1 fully saturated rings. The van der Waals surface area contributed by atoms with Crippen molar-refractivity contribution in [2.75, 3.05) is 18.0 Å². The third-order valence-electron chi connectivity index (χ3n) is 3.23. The third kappa shape index (κ3) is 2.20. The van der Waals surface area contributed by atoms with Crippen LogP contribution < -0.4 is 4.90 Å². The molecule has 0 radical (unpaired) electrons. The van der Waals surface area contributed by atoms with Crippen LogP contribution in [-0.2, 0) is 0 Å². The minimum absolute atomic E-state index is 0.632. The topological polar surface area (TPSA) is 16.1 Å². The van der Waals surface area contributed by atoms with Gasteiger partial charge in [-0.05, 0) is 35.9 Å². The third-order valence-corrected chi connectivity index (χ3v) is 3.76. The number of nitrogens with zero attached hydrogens (tertiary/aromatic N) is 2. The number of benzene rings is 1. The number of hydrogen-bond donors (Lipinski definition) is 0. The largest absolute Gasteiger partial charge is 0.370 e. The molecule has 0 saturated carbocycles. The summed E-state index contributed by atoms with van der Waals surface area (Å²) in [6.07, 6.45) is 3.80. The summed E-state index contributed by atoms with van der Waals surface area (Å²) in [6.45, 7) is 2.18. The first-order valence-electron chi connectivity index (χ1n) is 5.73. The maximum absolute atomic E-state index is 4.17. The predicted molar refractivity (Wildman–Crippen MR) is 73.3 cm³/mol. The van der Waals surface area contributed by atoms with E-state index in [4.69, 9.17) is 0 Å². The van der Waals surface area contributed by atoms with Gasteiger partial charge in [0.1, 0.15) is 0 Å². The molecule has 86 valence electrons. The normalized spacial score (nSPS) is 15.7. The molecule has 2 aromatic rings. The van der Waals surface area contributed by atoms with Gasteiger partial charge >= 0.3 is 0 Å². The standard InChI is InChI=1S/C14H13BrN2/c15-13-3-5-14(6-4-13)17-9-12(10-17)11-2-1-7-16-8-11/h1-8,12H,9-10H2. The molecule has 0 spiro atoms. The quantitative estimate of drug-likeness (QED) is 0.842. The van der Waals surface area contributed by atoms with Crippen LogP contribution in [0.15, 0.2) is 53.3 Å². The van der Waals surface area contributed by atoms with E-state index in [1.807, 2.05) is 18.5 Å². The first-order chi connectivity index (χ1) is 8.33. The smallest absolute Gasteiger partial charge is 0.0367 e. The molecule has 0 unspecified atom stereocenters. The van der Waals surface area contributed by atoms with Gasteiger partial charge in [0, 0.05) is 41.6 Å². The van der Waals surface area contributed by atoms with E-state index in [1.165, 1.54) is 11.3 Å². The van der Waals surface area contributed by atoms with Gasteiger partial charge in [0.05, 0.1) is 0 Å². The van der Waals surface area contributed by atoms with Gasteiger partial charge in [-0.1, -0.05) is 22.0 Å². The zero-order valence-corrected chi connectivity index (χ0v) is 11.0. The van der Waals surface area contributed by atoms with Gasteiger partial charge < -0.3 is 4.90 Å². The average Bonchev–Trinajstić information content (AvgIpc) is 2.31. The van der Waals surface area contributed by atoms with Crippen LogP contribution in [0.2, 0.25) is 0 Å². The Bertz CT molecular complexity index is 489. The lowest BCUT2D eigenvalue weighted by Gasteiger charge is -2.41. The highest BCUT2D eigenvalue weighted by atomic mass is 79.9. The highest BCUT2D eigenvalue weighted by molar-refractivity contribution is 9.10. The van der Waals surface area contributed by atoms with Gasteiger partial charge in [-0.15, -0.1) is 0 Å². The SMILES string of the molecule is Brc1ccc(N2CC(c3cccnc3)C2)cc1. The lowest BCUT2D eigenvalue weighted by molar-refractivity contribution is 0.524. The van der Waals surface area contributed by atoms with E-state index >= 15 is 0 Å². The summed E-state index contributed by atoms with van der Waals surface area (Å²) in [5.74, 6) is 0.632. The van der Waals surface area contributed by atoms with Crippen molar-refractivity contribution < 1.29 is 0 Å². The Balaban J connectivity index is 1.67. The minimum Gasteiger partial charge on any atom is -0.370 e. The van der Waals surface area contributed by atoms with E-state index in [0.29, 0.717) is 5.92 Å². The zero-order valence-electron chi connectivity index (χ0n) is 9.38. The Labute approximate surface area is 109 Å². The molecule has 2 heterocycles. The Morgan fingerprint density at radius 1 is 1.12 bits per heavy atom. The Morgan fingerprint density at radius 2 is 1.88 bits per heavy atom. The molecule has 2 nitrogen and oxygen atoms in total. The van der Waals surface area contributed by atoms with Crippen LogP contribution in [0.4, 0.5) is 5.69 Å². The minimum atomic E-state index is 0.632. The van der Waals surface area contributed by atoms with Crippen molar-refractivity contribution in [3.63, 3.8) is 0 Å². The highest BCUT2D eigenvalue weighted by Gasteiger charge is 2.28. The fourth-order valence-corrected chi connectivity index (χ4v) is 2.43. The van der Waals surface area contributed by atoms with Gasteiger partial charge in [0.25, 0.3) is 0 Å². The summed E-state index contributed by atoms with van der Waals surface area (Å²) < 4.78 is 1.13. The van der Waals surface area contributed by atoms with E-state index in [0.717, 1.165) is 17.6 Å². The Kier molecular flexibility index (Phi) is 2.85. The molecule has 0 N–H and O–H groups in total. The average molecular weight is 289 g/mol. The van der Waals surface area contributed by atoms with Gasteiger partial charge in [0.15, 0.2) is 0 Å². The first kappa shape index (κ1) is 10.8. The summed E-state index contributed by atoms with van der Waals surface area (Å²) in [5, 5.41) is 0. The van der Waals surface area contributed by atoms with Crippen LogP contribution in [-0.4, -0.2) is 18.1 Å². The molecule has 1 aliphatic rings. The number of rotatable bonds is 2. The molecule has 1 aromatic heterocycles. The lowest BCUT2D eigenvalue weighted by atomic mass is 9.92. The molecular weight excluding hydrogens is 276 g/mol. The molecule has 0 amide bonds. The van der Waals surface area contributed by atoms with Crippen LogP contribution in [0.25, 0.3) is 0 Å². The van der Waals surface area contributed by atoms with Gasteiger partial charge in [-0.2, -0.15) is 0 Å². The van der Waals surface area contributed by atoms with Gasteiger partial charge in [-0.25, -0.2) is 0 Å². The molecule has 1 aliphatic heterocycles. The second-order valence-corrected chi connectivity index (χ2v) is 5.28. The van der Waals surface area contributed by atoms with Crippen molar-refractivity contribution in [1.82, 2.24) is 4.98 Å². The van der Waals surface area contributed by atoms with Crippen LogP contribution in [0.3, 0.4) is 0 Å². The Morgan fingerprint density at radius 3 is 2.53 bits per heavy atom. The van der Waals surface area contributed by atoms with E-state index < -0.39 is 0 Å². The molecule has 0 bridgehead atoms. The lowest BCUT2D eigenvalue weighted by Crippen LogP contribution is -2.45. The number of hydrogen-bond acceptors (Lipinski definition) is 2. The van der Waals surface area contributed by atoms with Crippen molar-refractivity contribution in [2.24, 2.45) is 0 Å². The zero-order chi connectivity index (χ0) is 11.7. The highest BCUT2D eigenvalue weighted by Crippen LogP contribution is 2.31. The predicted octanol–water partition coefficient (Wildman–Crippen LogP) is 3.45. The maximum Gasteiger partial charge on any atom is 0.0367 e. The molecule has 3 rings (SSSR count). The number of halogens is 1. The molecule has 0 aliphatic carbocycles. The molecule has 3 heteroatoms. The second kappa shape index (κ2) is 4.49. The maximum atomic E-state index is 4.17. The van der Waals surface area contributed by atoms with Crippen molar-refractivity contribution in [2.45, 2.75) is 5.92 Å². The molecule has 0 atom stereocenters. The van der Waals surface area contributed by atoms with Crippen LogP contribution in [0, 0.1) is 0 Å². The first-order valence-corrected chi connectivity index (χ1v) is 6.52. The number of aromatic nitrogens is 1. The van der Waals surface area contributed by atoms with Crippen molar-refractivity contribution in [3.05, 3.63) is 58.8 Å². The number of pyridine rings is 1. The molecule has 17 heavy (non-hydrogen) atoms. The van der Waals surface area contributed by atoms with E-state index in [2.05, 4.69) is 56.1 Å². The molecule has 1 saturated heterocycles. The summed E-state index contributed by atoms with van der Waals surface area (Å²) in [6, 6.07) is 12.7. The summed E-state index contributed by atoms with van der Waals surface area (Å²) in [4.78, 5) is 6.57. The van der Waals surface area contributed by atoms with Crippen molar-refractivity contribution in [3.8, 4) is 0 Å². The van der Waals surface area contributed by atoms with E-state index in [9.17, 15) is 0 Å². The Hall–Kier alpha value is -1.35. The van der Waals surface area contributed by atoms with Crippen molar-refractivity contribution >= 4 is 21.6 Å². The molecule has 1 aromatic carbocycles. The van der Waals surface area contributed by atoms with E-state index in [-0.39, 0.29) is 0 Å². The molecular formula is C14H13BrN2. The van der Waals surface area contributed by atoms with Gasteiger partial charge in [0.2, 0.25) is 0 Å². The van der Waals surface area contributed by atoms with Crippen LogP contribution in [0.1, 0.15) is 11.5 Å². The fraction of sp³-hybridized carbons (Fsp3) is 0.214. The summed E-state index contributed by atoms with van der Waals surface area (Å²) in [5.41, 5.74) is 2.65. The second-order valence-electron chi connectivity index (χ2n) is 4.36. The van der Waals surface area contributed by atoms with E-state index in [1.54, 1.807) is 0 Å². The summed E-state index contributed by atoms with van der Waals surface area (Å²) in [7, 11) is 0. The van der Waals surface area contributed by atoms with Crippen LogP contribution in [0.5, 0.6) is 0 Å². The van der Waals surface area contributed by atoms with Gasteiger partial charge in [-0.3, -0.25) is 4.98 Å². The number of anilines is 1. The van der Waals surface area contributed by atoms with Crippen molar-refractivity contribution in [1.29, 1.82) is 0 Å². The fourth-order valence-electron chi connectivity index (χ4n) is 2.17. The van der Waals surface area contributed by atoms with Crippen LogP contribution >= 0.6 is 15.9 Å².